The van der Waals surface area contributed by atoms with Gasteiger partial charge in [-0.3, -0.25) is 9.48 Å². The Morgan fingerprint density at radius 1 is 1.42 bits per heavy atom. The molecule has 1 aliphatic heterocycles. The molecule has 0 N–H and O–H groups in total. The Hall–Kier alpha value is -2.21. The van der Waals surface area contributed by atoms with Gasteiger partial charge in [0, 0.05) is 35.1 Å². The second kappa shape index (κ2) is 6.36. The fourth-order valence-corrected chi connectivity index (χ4v) is 4.49. The van der Waals surface area contributed by atoms with Crippen LogP contribution >= 0.6 is 11.3 Å². The molecule has 1 aliphatic rings. The van der Waals surface area contributed by atoms with Gasteiger partial charge in [0.05, 0.1) is 5.56 Å². The van der Waals surface area contributed by atoms with Gasteiger partial charge in [-0.15, -0.1) is 11.3 Å². The first-order valence-electron chi connectivity index (χ1n) is 8.30. The Morgan fingerprint density at radius 2 is 2.33 bits per heavy atom. The van der Waals surface area contributed by atoms with Crippen LogP contribution in [0.4, 0.5) is 0 Å². The Labute approximate surface area is 144 Å². The van der Waals surface area contributed by atoms with Crippen molar-refractivity contribution < 1.29 is 4.79 Å². The van der Waals surface area contributed by atoms with Gasteiger partial charge in [0.1, 0.15) is 12.7 Å². The zero-order chi connectivity index (χ0) is 16.5. The van der Waals surface area contributed by atoms with E-state index in [4.69, 9.17) is 0 Å². The molecule has 1 fully saturated rings. The number of thiophene rings is 1. The minimum Gasteiger partial charge on any atom is -0.338 e. The summed E-state index contributed by atoms with van der Waals surface area (Å²) >= 11 is 1.66. The molecule has 124 valence electrons. The maximum Gasteiger partial charge on any atom is 0.255 e. The molecule has 1 atom stereocenters. The van der Waals surface area contributed by atoms with Gasteiger partial charge in [-0.1, -0.05) is 12.1 Å². The van der Waals surface area contributed by atoms with Gasteiger partial charge in [-0.2, -0.15) is 5.10 Å². The highest BCUT2D eigenvalue weighted by Crippen LogP contribution is 2.29. The molecular formula is C18H20N4OS. The van der Waals surface area contributed by atoms with Gasteiger partial charge in [0.25, 0.3) is 5.91 Å². The summed E-state index contributed by atoms with van der Waals surface area (Å²) in [5.41, 5.74) is 2.07. The molecule has 1 aromatic carbocycles. The summed E-state index contributed by atoms with van der Waals surface area (Å²) in [7, 11) is 0. The third kappa shape index (κ3) is 2.94. The first-order valence-corrected chi connectivity index (χ1v) is 9.18. The number of benzene rings is 1. The smallest absolute Gasteiger partial charge is 0.255 e. The predicted molar refractivity (Wildman–Crippen MR) is 95.2 cm³/mol. The number of piperidine rings is 1. The SMILES string of the molecule is Cc1ccc2c(C(=O)N3CCC[C@@H](Cn4cncn4)C3)csc2c1. The van der Waals surface area contributed by atoms with E-state index in [9.17, 15) is 4.79 Å². The highest BCUT2D eigenvalue weighted by molar-refractivity contribution is 7.17. The Bertz CT molecular complexity index is 855. The van der Waals surface area contributed by atoms with Gasteiger partial charge < -0.3 is 4.90 Å². The molecule has 24 heavy (non-hydrogen) atoms. The first kappa shape index (κ1) is 15.3. The van der Waals surface area contributed by atoms with Crippen molar-refractivity contribution in [2.24, 2.45) is 5.92 Å². The summed E-state index contributed by atoms with van der Waals surface area (Å²) in [6.45, 7) is 4.55. The number of likely N-dealkylation sites (tertiary alicyclic amines) is 1. The molecule has 4 rings (SSSR count). The molecule has 0 bridgehead atoms. The number of fused-ring (bicyclic) bond motifs is 1. The molecule has 3 heterocycles. The van der Waals surface area contributed by atoms with E-state index in [1.54, 1.807) is 24.0 Å². The summed E-state index contributed by atoms with van der Waals surface area (Å²) < 4.78 is 3.05. The zero-order valence-corrected chi connectivity index (χ0v) is 14.5. The van der Waals surface area contributed by atoms with E-state index in [0.717, 1.165) is 43.4 Å². The van der Waals surface area contributed by atoms with E-state index >= 15 is 0 Å². The lowest BCUT2D eigenvalue weighted by Crippen LogP contribution is -2.41. The molecule has 1 amide bonds. The van der Waals surface area contributed by atoms with Crippen molar-refractivity contribution in [3.63, 3.8) is 0 Å². The third-order valence-electron chi connectivity index (χ3n) is 4.68. The lowest BCUT2D eigenvalue weighted by molar-refractivity contribution is 0.0662. The van der Waals surface area contributed by atoms with Crippen LogP contribution in [-0.4, -0.2) is 38.7 Å². The van der Waals surface area contributed by atoms with Crippen LogP contribution in [0.1, 0.15) is 28.8 Å². The molecule has 2 aromatic heterocycles. The Kier molecular flexibility index (Phi) is 4.06. The van der Waals surface area contributed by atoms with Crippen LogP contribution in [0, 0.1) is 12.8 Å². The molecule has 3 aromatic rings. The molecule has 0 aliphatic carbocycles. The number of rotatable bonds is 3. The van der Waals surface area contributed by atoms with E-state index in [1.165, 1.54) is 10.3 Å². The molecule has 0 unspecified atom stereocenters. The van der Waals surface area contributed by atoms with E-state index in [1.807, 2.05) is 15.0 Å². The number of hydrogen-bond donors (Lipinski definition) is 0. The van der Waals surface area contributed by atoms with Crippen molar-refractivity contribution in [1.29, 1.82) is 0 Å². The normalized spacial score (nSPS) is 18.2. The fraction of sp³-hybridized carbons (Fsp3) is 0.389. The van der Waals surface area contributed by atoms with E-state index in [2.05, 4.69) is 35.2 Å². The van der Waals surface area contributed by atoms with Crippen molar-refractivity contribution in [1.82, 2.24) is 19.7 Å². The standard InChI is InChI=1S/C18H20N4OS/c1-13-4-5-15-16(10-24-17(15)7-13)18(23)21-6-2-3-14(8-21)9-22-12-19-11-20-22/h4-5,7,10-12,14H,2-3,6,8-9H2,1H3/t14-/m1/s1. The van der Waals surface area contributed by atoms with Gasteiger partial charge in [-0.05, 0) is 37.3 Å². The van der Waals surface area contributed by atoms with Crippen LogP contribution < -0.4 is 0 Å². The maximum absolute atomic E-state index is 13.0. The second-order valence-corrected chi connectivity index (χ2v) is 7.44. The zero-order valence-electron chi connectivity index (χ0n) is 13.7. The highest BCUT2D eigenvalue weighted by atomic mass is 32.1. The lowest BCUT2D eigenvalue weighted by Gasteiger charge is -2.32. The fourth-order valence-electron chi connectivity index (χ4n) is 3.46. The Morgan fingerprint density at radius 3 is 3.17 bits per heavy atom. The summed E-state index contributed by atoms with van der Waals surface area (Å²) in [6.07, 6.45) is 5.49. The van der Waals surface area contributed by atoms with Gasteiger partial charge in [0.15, 0.2) is 0 Å². The van der Waals surface area contributed by atoms with Crippen molar-refractivity contribution in [3.05, 3.63) is 47.4 Å². The summed E-state index contributed by atoms with van der Waals surface area (Å²) in [5.74, 6) is 0.602. The highest BCUT2D eigenvalue weighted by Gasteiger charge is 2.26. The van der Waals surface area contributed by atoms with Crippen molar-refractivity contribution in [3.8, 4) is 0 Å². The average molecular weight is 340 g/mol. The predicted octanol–water partition coefficient (Wildman–Crippen LogP) is 3.35. The van der Waals surface area contributed by atoms with Crippen LogP contribution in [0.5, 0.6) is 0 Å². The third-order valence-corrected chi connectivity index (χ3v) is 5.62. The van der Waals surface area contributed by atoms with Gasteiger partial charge >= 0.3 is 0 Å². The maximum atomic E-state index is 13.0. The molecule has 6 heteroatoms. The lowest BCUT2D eigenvalue weighted by atomic mass is 9.97. The van der Waals surface area contributed by atoms with Gasteiger partial charge in [0.2, 0.25) is 0 Å². The number of aryl methyl sites for hydroxylation is 1. The molecule has 0 saturated carbocycles. The first-order chi connectivity index (χ1) is 11.7. The van der Waals surface area contributed by atoms with Crippen molar-refractivity contribution in [2.45, 2.75) is 26.3 Å². The molecule has 1 saturated heterocycles. The Balaban J connectivity index is 1.52. The molecule has 0 radical (unpaired) electrons. The number of carbonyl (C=O) groups is 1. The van der Waals surface area contributed by atoms with Crippen LogP contribution in [0.25, 0.3) is 10.1 Å². The molecule has 5 nitrogen and oxygen atoms in total. The van der Waals surface area contributed by atoms with Gasteiger partial charge in [-0.25, -0.2) is 4.98 Å². The largest absolute Gasteiger partial charge is 0.338 e. The number of nitrogens with zero attached hydrogens (tertiary/aromatic N) is 4. The molecular weight excluding hydrogens is 320 g/mol. The van der Waals surface area contributed by atoms with E-state index in [0.29, 0.717) is 5.92 Å². The molecule has 0 spiro atoms. The average Bonchev–Trinajstić information content (AvgIpc) is 3.23. The van der Waals surface area contributed by atoms with Crippen LogP contribution in [0.2, 0.25) is 0 Å². The topological polar surface area (TPSA) is 51.0 Å². The van der Waals surface area contributed by atoms with Crippen LogP contribution in [0.15, 0.2) is 36.2 Å². The second-order valence-electron chi connectivity index (χ2n) is 6.53. The quantitative estimate of drug-likeness (QED) is 0.735. The number of carbonyl (C=O) groups excluding carboxylic acids is 1. The monoisotopic (exact) mass is 340 g/mol. The minimum atomic E-state index is 0.161. The van der Waals surface area contributed by atoms with E-state index in [-0.39, 0.29) is 5.91 Å². The number of amides is 1. The summed E-state index contributed by atoms with van der Waals surface area (Å²) in [4.78, 5) is 19.0. The number of hydrogen-bond acceptors (Lipinski definition) is 4. The van der Waals surface area contributed by atoms with Crippen LogP contribution in [0.3, 0.4) is 0 Å². The summed E-state index contributed by atoms with van der Waals surface area (Å²) in [6, 6.07) is 6.31. The van der Waals surface area contributed by atoms with Crippen LogP contribution in [-0.2, 0) is 6.54 Å². The van der Waals surface area contributed by atoms with E-state index < -0.39 is 0 Å². The minimum absolute atomic E-state index is 0.161. The van der Waals surface area contributed by atoms with Crippen molar-refractivity contribution >= 4 is 27.3 Å². The van der Waals surface area contributed by atoms with Crippen molar-refractivity contribution in [2.75, 3.05) is 13.1 Å². The number of aromatic nitrogens is 3. The summed E-state index contributed by atoms with van der Waals surface area (Å²) in [5, 5.41) is 7.27.